The summed E-state index contributed by atoms with van der Waals surface area (Å²) in [6, 6.07) is 2.61. The highest BCUT2D eigenvalue weighted by Crippen LogP contribution is 2.67. The van der Waals surface area contributed by atoms with Crippen LogP contribution in [-0.2, 0) is 19.1 Å². The number of fused-ring (bicyclic) bond motifs is 5. The number of carbonyl (C=O) groups is 2. The number of hydrogen-bond acceptors (Lipinski definition) is 5. The third-order valence-corrected chi connectivity index (χ3v) is 9.35. The molecule has 0 aromatic carbocycles. The van der Waals surface area contributed by atoms with Crippen LogP contribution >= 0.6 is 0 Å². The van der Waals surface area contributed by atoms with Gasteiger partial charge in [0.2, 0.25) is 0 Å². The minimum absolute atomic E-state index is 0.00260. The van der Waals surface area contributed by atoms with Gasteiger partial charge in [-0.05, 0) is 86.9 Å². The van der Waals surface area contributed by atoms with Crippen molar-refractivity contribution in [1.82, 2.24) is 0 Å². The molecule has 0 aromatic rings. The maximum Gasteiger partial charge on any atom is 0.302 e. The first kappa shape index (κ1) is 20.7. The van der Waals surface area contributed by atoms with Crippen LogP contribution < -0.4 is 0 Å². The van der Waals surface area contributed by atoms with Crippen molar-refractivity contribution in [3.63, 3.8) is 0 Å². The lowest BCUT2D eigenvalue weighted by atomic mass is 9.44. The summed E-state index contributed by atoms with van der Waals surface area (Å²) in [5, 5.41) is 9.70. The summed E-state index contributed by atoms with van der Waals surface area (Å²) in [4.78, 5) is 23.2. The molecular formula is C24H35NO4. The van der Waals surface area contributed by atoms with Crippen LogP contribution in [0, 0.1) is 51.8 Å². The lowest BCUT2D eigenvalue weighted by Gasteiger charge is -2.61. The van der Waals surface area contributed by atoms with Gasteiger partial charge in [-0.15, -0.1) is 0 Å². The van der Waals surface area contributed by atoms with Crippen LogP contribution in [0.3, 0.4) is 0 Å². The Morgan fingerprint density at radius 2 is 1.79 bits per heavy atom. The van der Waals surface area contributed by atoms with Crippen molar-refractivity contribution in [2.45, 2.75) is 84.7 Å². The van der Waals surface area contributed by atoms with E-state index < -0.39 is 0 Å². The van der Waals surface area contributed by atoms with Crippen molar-refractivity contribution in [1.29, 1.82) is 5.26 Å². The minimum atomic E-state index is -0.201. The fourth-order valence-electron chi connectivity index (χ4n) is 8.08. The van der Waals surface area contributed by atoms with Gasteiger partial charge >= 0.3 is 11.9 Å². The fraction of sp³-hybridized carbons (Fsp3) is 0.875. The number of hydrogen-bond donors (Lipinski definition) is 0. The Labute approximate surface area is 174 Å². The Morgan fingerprint density at radius 1 is 1.00 bits per heavy atom. The molecule has 4 aliphatic carbocycles. The molecule has 0 aromatic heterocycles. The van der Waals surface area contributed by atoms with Crippen LogP contribution in [0.15, 0.2) is 0 Å². The largest absolute Gasteiger partial charge is 0.465 e. The Kier molecular flexibility index (Phi) is 5.42. The zero-order valence-corrected chi connectivity index (χ0v) is 18.1. The second-order valence-corrected chi connectivity index (χ2v) is 10.5. The van der Waals surface area contributed by atoms with E-state index in [0.717, 1.165) is 44.9 Å². The number of ether oxygens (including phenoxy) is 2. The van der Waals surface area contributed by atoms with Gasteiger partial charge in [0.25, 0.3) is 0 Å². The summed E-state index contributed by atoms with van der Waals surface area (Å²) in [7, 11) is 0. The zero-order valence-electron chi connectivity index (χ0n) is 18.1. The summed E-state index contributed by atoms with van der Waals surface area (Å²) < 4.78 is 11.3. The van der Waals surface area contributed by atoms with Gasteiger partial charge in [0.1, 0.15) is 6.10 Å². The molecule has 29 heavy (non-hydrogen) atoms. The predicted octanol–water partition coefficient (Wildman–Crippen LogP) is 4.64. The van der Waals surface area contributed by atoms with Crippen LogP contribution in [0.4, 0.5) is 0 Å². The number of esters is 2. The van der Waals surface area contributed by atoms with E-state index in [9.17, 15) is 14.9 Å². The van der Waals surface area contributed by atoms with Gasteiger partial charge < -0.3 is 9.47 Å². The molecule has 4 saturated carbocycles. The fourth-order valence-corrected chi connectivity index (χ4v) is 8.08. The molecule has 4 fully saturated rings. The minimum Gasteiger partial charge on any atom is -0.465 e. The summed E-state index contributed by atoms with van der Waals surface area (Å²) in [6.45, 7) is 5.86. The first-order valence-corrected chi connectivity index (χ1v) is 11.5. The Balaban J connectivity index is 1.61. The standard InChI is InChI=1S/C24H35NO4/c1-15(26)28-14-24-11-8-19(29-16(2)27)12-17(24)4-6-20-21-7-5-18(13-25)23(21,3)10-9-22(20)24/h17-22H,4-12,14H2,1-3H3. The first-order valence-electron chi connectivity index (χ1n) is 11.5. The first-order chi connectivity index (χ1) is 13.8. The van der Waals surface area contributed by atoms with Crippen LogP contribution in [0.25, 0.3) is 0 Å². The maximum atomic E-state index is 11.7. The molecule has 8 unspecified atom stereocenters. The second kappa shape index (κ2) is 7.60. The number of carbonyl (C=O) groups excluding carboxylic acids is 2. The zero-order chi connectivity index (χ0) is 20.8. The van der Waals surface area contributed by atoms with Gasteiger partial charge in [-0.2, -0.15) is 5.26 Å². The molecule has 0 radical (unpaired) electrons. The van der Waals surface area contributed by atoms with Crippen molar-refractivity contribution in [2.24, 2.45) is 40.4 Å². The van der Waals surface area contributed by atoms with Gasteiger partial charge in [0.15, 0.2) is 0 Å². The van der Waals surface area contributed by atoms with Gasteiger partial charge in [-0.1, -0.05) is 6.92 Å². The van der Waals surface area contributed by atoms with E-state index in [1.807, 2.05) is 0 Å². The van der Waals surface area contributed by atoms with Crippen molar-refractivity contribution in [3.8, 4) is 6.07 Å². The normalized spacial score (nSPS) is 45.9. The number of nitrogens with zero attached hydrogens (tertiary/aromatic N) is 1. The van der Waals surface area contributed by atoms with Gasteiger partial charge in [-0.3, -0.25) is 9.59 Å². The summed E-state index contributed by atoms with van der Waals surface area (Å²) >= 11 is 0. The van der Waals surface area contributed by atoms with Crippen LogP contribution in [0.1, 0.15) is 78.6 Å². The highest BCUT2D eigenvalue weighted by Gasteiger charge is 2.62. The lowest BCUT2D eigenvalue weighted by molar-refractivity contribution is -0.179. The Hall–Kier alpha value is -1.57. The van der Waals surface area contributed by atoms with E-state index in [1.54, 1.807) is 0 Å². The predicted molar refractivity (Wildman–Crippen MR) is 107 cm³/mol. The van der Waals surface area contributed by atoms with E-state index in [4.69, 9.17) is 9.47 Å². The molecule has 0 heterocycles. The quantitative estimate of drug-likeness (QED) is 0.644. The van der Waals surface area contributed by atoms with Crippen molar-refractivity contribution in [3.05, 3.63) is 0 Å². The van der Waals surface area contributed by atoms with Crippen molar-refractivity contribution in [2.75, 3.05) is 6.61 Å². The molecule has 0 saturated heterocycles. The van der Waals surface area contributed by atoms with Crippen LogP contribution in [0.2, 0.25) is 0 Å². The van der Waals surface area contributed by atoms with Gasteiger partial charge in [-0.25, -0.2) is 0 Å². The van der Waals surface area contributed by atoms with E-state index >= 15 is 0 Å². The third kappa shape index (κ3) is 3.37. The molecule has 0 N–H and O–H groups in total. The summed E-state index contributed by atoms with van der Waals surface area (Å²) in [6.07, 6.45) is 9.49. The Bertz CT molecular complexity index is 714. The van der Waals surface area contributed by atoms with Gasteiger partial charge in [0, 0.05) is 19.3 Å². The lowest BCUT2D eigenvalue weighted by Crippen LogP contribution is -2.57. The average molecular weight is 402 g/mol. The highest BCUT2D eigenvalue weighted by molar-refractivity contribution is 5.66. The topological polar surface area (TPSA) is 76.4 Å². The maximum absolute atomic E-state index is 11.7. The second-order valence-electron chi connectivity index (χ2n) is 10.5. The van der Waals surface area contributed by atoms with E-state index in [0.29, 0.717) is 30.3 Å². The highest BCUT2D eigenvalue weighted by atomic mass is 16.5. The smallest absolute Gasteiger partial charge is 0.302 e. The van der Waals surface area contributed by atoms with Crippen molar-refractivity contribution >= 4 is 11.9 Å². The van der Waals surface area contributed by atoms with Crippen molar-refractivity contribution < 1.29 is 19.1 Å². The van der Waals surface area contributed by atoms with E-state index in [2.05, 4.69) is 13.0 Å². The molecule has 4 aliphatic rings. The van der Waals surface area contributed by atoms with Crippen LogP contribution in [0.5, 0.6) is 0 Å². The van der Waals surface area contributed by atoms with E-state index in [-0.39, 0.29) is 34.8 Å². The molecule has 5 nitrogen and oxygen atoms in total. The Morgan fingerprint density at radius 3 is 2.48 bits per heavy atom. The summed E-state index contributed by atoms with van der Waals surface area (Å²) in [5.41, 5.74) is 0.164. The molecule has 8 atom stereocenters. The molecule has 0 amide bonds. The molecule has 0 spiro atoms. The molecule has 0 bridgehead atoms. The van der Waals surface area contributed by atoms with Gasteiger partial charge in [0.05, 0.1) is 18.6 Å². The average Bonchev–Trinajstić information content (AvgIpc) is 3.02. The third-order valence-electron chi connectivity index (χ3n) is 9.35. The van der Waals surface area contributed by atoms with E-state index in [1.165, 1.54) is 26.7 Å². The number of rotatable bonds is 3. The number of nitriles is 1. The summed E-state index contributed by atoms with van der Waals surface area (Å²) in [5.74, 6) is 2.03. The monoisotopic (exact) mass is 401 g/mol. The molecule has 160 valence electrons. The molecular weight excluding hydrogens is 366 g/mol. The van der Waals surface area contributed by atoms with Crippen LogP contribution in [-0.4, -0.2) is 24.6 Å². The molecule has 0 aliphatic heterocycles. The SMILES string of the molecule is CC(=O)OCC12CCC(OC(C)=O)CC1CCC1C3CCC(C#N)C3(C)CCC12. The molecule has 4 rings (SSSR count). The molecule has 5 heteroatoms.